The van der Waals surface area contributed by atoms with Gasteiger partial charge in [-0.2, -0.15) is 10.2 Å². The summed E-state index contributed by atoms with van der Waals surface area (Å²) in [6.45, 7) is 2.99. The standard InChI is InChI=1S/C18H21BrN2O/c1-2-3-4-5-14-22-18-12-10-17(11-13-18)21-20-16-8-6-15(19)7-9-16/h6-13H,2-5,14H2,1H3. The summed E-state index contributed by atoms with van der Waals surface area (Å²) < 4.78 is 6.74. The summed E-state index contributed by atoms with van der Waals surface area (Å²) in [7, 11) is 0. The summed E-state index contributed by atoms with van der Waals surface area (Å²) in [5.74, 6) is 0.888. The van der Waals surface area contributed by atoms with E-state index in [1.165, 1.54) is 19.3 Å². The smallest absolute Gasteiger partial charge is 0.119 e. The average molecular weight is 361 g/mol. The molecule has 22 heavy (non-hydrogen) atoms. The molecule has 0 saturated carbocycles. The molecule has 2 rings (SSSR count). The summed E-state index contributed by atoms with van der Waals surface area (Å²) in [5.41, 5.74) is 1.65. The highest BCUT2D eigenvalue weighted by Gasteiger charge is 1.96. The predicted molar refractivity (Wildman–Crippen MR) is 94.4 cm³/mol. The van der Waals surface area contributed by atoms with Gasteiger partial charge in [-0.05, 0) is 55.0 Å². The normalized spacial score (nSPS) is 11.0. The second-order valence-corrected chi connectivity index (χ2v) is 6.00. The number of unbranched alkanes of at least 4 members (excludes halogenated alkanes) is 3. The topological polar surface area (TPSA) is 34.0 Å². The summed E-state index contributed by atoms with van der Waals surface area (Å²) in [4.78, 5) is 0. The van der Waals surface area contributed by atoms with Crippen molar-refractivity contribution >= 4 is 27.3 Å². The van der Waals surface area contributed by atoms with E-state index in [1.54, 1.807) is 0 Å². The Hall–Kier alpha value is -1.68. The van der Waals surface area contributed by atoms with Crippen LogP contribution in [0.2, 0.25) is 0 Å². The van der Waals surface area contributed by atoms with E-state index in [1.807, 2.05) is 48.5 Å². The second-order valence-electron chi connectivity index (χ2n) is 5.08. The number of ether oxygens (including phenoxy) is 1. The van der Waals surface area contributed by atoms with Gasteiger partial charge in [-0.3, -0.25) is 0 Å². The molecule has 0 aliphatic carbocycles. The summed E-state index contributed by atoms with van der Waals surface area (Å²) in [6.07, 6.45) is 4.87. The van der Waals surface area contributed by atoms with Crippen LogP contribution < -0.4 is 4.74 Å². The van der Waals surface area contributed by atoms with Crippen molar-refractivity contribution in [3.8, 4) is 5.75 Å². The van der Waals surface area contributed by atoms with Crippen molar-refractivity contribution in [2.45, 2.75) is 32.6 Å². The van der Waals surface area contributed by atoms with Crippen LogP contribution in [0.15, 0.2) is 63.2 Å². The molecule has 0 heterocycles. The first-order valence-electron chi connectivity index (χ1n) is 7.68. The van der Waals surface area contributed by atoms with E-state index in [4.69, 9.17) is 4.74 Å². The van der Waals surface area contributed by atoms with E-state index in [0.717, 1.165) is 34.6 Å². The zero-order valence-corrected chi connectivity index (χ0v) is 14.4. The lowest BCUT2D eigenvalue weighted by molar-refractivity contribution is 0.305. The number of hydrogen-bond acceptors (Lipinski definition) is 3. The van der Waals surface area contributed by atoms with Crippen LogP contribution in [0.4, 0.5) is 11.4 Å². The van der Waals surface area contributed by atoms with Gasteiger partial charge in [0.1, 0.15) is 5.75 Å². The van der Waals surface area contributed by atoms with E-state index in [0.29, 0.717) is 0 Å². The number of benzene rings is 2. The van der Waals surface area contributed by atoms with Crippen molar-refractivity contribution < 1.29 is 4.74 Å². The van der Waals surface area contributed by atoms with Crippen LogP contribution in [0, 0.1) is 0 Å². The Kier molecular flexibility index (Phi) is 7.10. The second kappa shape index (κ2) is 9.36. The fraction of sp³-hybridized carbons (Fsp3) is 0.333. The van der Waals surface area contributed by atoms with Crippen LogP contribution in [0.3, 0.4) is 0 Å². The van der Waals surface area contributed by atoms with E-state index in [-0.39, 0.29) is 0 Å². The van der Waals surface area contributed by atoms with Crippen LogP contribution >= 0.6 is 15.9 Å². The van der Waals surface area contributed by atoms with E-state index in [9.17, 15) is 0 Å². The molecule has 0 aliphatic rings. The van der Waals surface area contributed by atoms with Crippen molar-refractivity contribution in [3.05, 3.63) is 53.0 Å². The Morgan fingerprint density at radius 1 is 0.818 bits per heavy atom. The largest absolute Gasteiger partial charge is 0.494 e. The van der Waals surface area contributed by atoms with Gasteiger partial charge in [-0.15, -0.1) is 0 Å². The monoisotopic (exact) mass is 360 g/mol. The van der Waals surface area contributed by atoms with Gasteiger partial charge in [0.2, 0.25) is 0 Å². The molecule has 2 aromatic rings. The van der Waals surface area contributed by atoms with Gasteiger partial charge in [-0.25, -0.2) is 0 Å². The van der Waals surface area contributed by atoms with Crippen molar-refractivity contribution in [1.82, 2.24) is 0 Å². The molecule has 0 aliphatic heterocycles. The fourth-order valence-electron chi connectivity index (χ4n) is 1.95. The Labute approximate surface area is 140 Å². The van der Waals surface area contributed by atoms with E-state index < -0.39 is 0 Å². The van der Waals surface area contributed by atoms with Crippen molar-refractivity contribution in [3.63, 3.8) is 0 Å². The molecule has 0 amide bonds. The Balaban J connectivity index is 1.82. The lowest BCUT2D eigenvalue weighted by Gasteiger charge is -2.05. The van der Waals surface area contributed by atoms with E-state index >= 15 is 0 Å². The van der Waals surface area contributed by atoms with Gasteiger partial charge in [0.15, 0.2) is 0 Å². The van der Waals surface area contributed by atoms with Crippen molar-refractivity contribution in [2.24, 2.45) is 10.2 Å². The van der Waals surface area contributed by atoms with Crippen LogP contribution in [0.25, 0.3) is 0 Å². The molecule has 0 unspecified atom stereocenters. The number of rotatable bonds is 8. The average Bonchev–Trinajstić information content (AvgIpc) is 2.55. The Morgan fingerprint density at radius 3 is 2.00 bits per heavy atom. The molecule has 0 radical (unpaired) electrons. The molecule has 116 valence electrons. The summed E-state index contributed by atoms with van der Waals surface area (Å²) >= 11 is 3.40. The first-order chi connectivity index (χ1) is 10.8. The minimum Gasteiger partial charge on any atom is -0.494 e. The molecular formula is C18H21BrN2O. The van der Waals surface area contributed by atoms with Gasteiger partial charge < -0.3 is 4.74 Å². The van der Waals surface area contributed by atoms with Crippen molar-refractivity contribution in [2.75, 3.05) is 6.61 Å². The molecule has 0 atom stereocenters. The highest BCUT2D eigenvalue weighted by Crippen LogP contribution is 2.22. The first-order valence-corrected chi connectivity index (χ1v) is 8.47. The third-order valence-electron chi connectivity index (χ3n) is 3.21. The summed E-state index contributed by atoms with van der Waals surface area (Å²) in [5, 5.41) is 8.43. The zero-order chi connectivity index (χ0) is 15.6. The molecule has 0 saturated heterocycles. The Bertz CT molecular complexity index is 579. The van der Waals surface area contributed by atoms with Crippen LogP contribution in [0.1, 0.15) is 32.6 Å². The minimum absolute atomic E-state index is 0.778. The first kappa shape index (κ1) is 16.7. The molecule has 4 heteroatoms. The third kappa shape index (κ3) is 5.98. The number of hydrogen-bond donors (Lipinski definition) is 0. The molecule has 0 spiro atoms. The number of nitrogens with zero attached hydrogens (tertiary/aromatic N) is 2. The van der Waals surface area contributed by atoms with Gasteiger partial charge in [0.25, 0.3) is 0 Å². The molecule has 0 fully saturated rings. The molecule has 0 N–H and O–H groups in total. The minimum atomic E-state index is 0.778. The lowest BCUT2D eigenvalue weighted by atomic mass is 10.2. The predicted octanol–water partition coefficient (Wildman–Crippen LogP) is 6.82. The van der Waals surface area contributed by atoms with Gasteiger partial charge in [0, 0.05) is 4.47 Å². The fourth-order valence-corrected chi connectivity index (χ4v) is 2.22. The lowest BCUT2D eigenvalue weighted by Crippen LogP contribution is -1.96. The quantitative estimate of drug-likeness (QED) is 0.375. The molecule has 0 aromatic heterocycles. The maximum atomic E-state index is 5.71. The maximum Gasteiger partial charge on any atom is 0.119 e. The highest BCUT2D eigenvalue weighted by atomic mass is 79.9. The van der Waals surface area contributed by atoms with Gasteiger partial charge in [0.05, 0.1) is 18.0 Å². The van der Waals surface area contributed by atoms with Crippen LogP contribution in [0.5, 0.6) is 5.75 Å². The van der Waals surface area contributed by atoms with Crippen LogP contribution in [-0.4, -0.2) is 6.61 Å². The molecule has 2 aromatic carbocycles. The number of azo groups is 1. The molecule has 0 bridgehead atoms. The zero-order valence-electron chi connectivity index (χ0n) is 12.8. The molecular weight excluding hydrogens is 340 g/mol. The maximum absolute atomic E-state index is 5.71. The van der Waals surface area contributed by atoms with Gasteiger partial charge >= 0.3 is 0 Å². The van der Waals surface area contributed by atoms with Crippen molar-refractivity contribution in [1.29, 1.82) is 0 Å². The molecule has 3 nitrogen and oxygen atoms in total. The highest BCUT2D eigenvalue weighted by molar-refractivity contribution is 9.10. The Morgan fingerprint density at radius 2 is 1.41 bits per heavy atom. The summed E-state index contributed by atoms with van der Waals surface area (Å²) in [6, 6.07) is 15.5. The SMILES string of the molecule is CCCCCCOc1ccc(N=Nc2ccc(Br)cc2)cc1. The number of halogens is 1. The van der Waals surface area contributed by atoms with Crippen LogP contribution in [-0.2, 0) is 0 Å². The van der Waals surface area contributed by atoms with E-state index in [2.05, 4.69) is 33.1 Å². The third-order valence-corrected chi connectivity index (χ3v) is 3.74. The van der Waals surface area contributed by atoms with Gasteiger partial charge in [-0.1, -0.05) is 42.1 Å².